The van der Waals surface area contributed by atoms with Crippen LogP contribution in [0.2, 0.25) is 0 Å². The number of aromatic amines is 1. The summed E-state index contributed by atoms with van der Waals surface area (Å²) >= 11 is 1.76. The zero-order chi connectivity index (χ0) is 9.68. The van der Waals surface area contributed by atoms with Gasteiger partial charge < -0.3 is 10.3 Å². The van der Waals surface area contributed by atoms with Gasteiger partial charge in [0.05, 0.1) is 0 Å². The molecule has 4 heteroatoms. The summed E-state index contributed by atoms with van der Waals surface area (Å²) in [5, 5.41) is 4.94. The maximum absolute atomic E-state index is 4.16. The van der Waals surface area contributed by atoms with Crippen LogP contribution < -0.4 is 5.32 Å². The number of thioether (sulfide) groups is 1. The zero-order valence-corrected chi connectivity index (χ0v) is 9.19. The molecule has 0 saturated carbocycles. The molecule has 1 aromatic rings. The van der Waals surface area contributed by atoms with Crippen molar-refractivity contribution in [3.63, 3.8) is 0 Å². The predicted octanol–water partition coefficient (Wildman–Crippen LogP) is 1.89. The van der Waals surface area contributed by atoms with Crippen molar-refractivity contribution >= 4 is 11.8 Å². The lowest BCUT2D eigenvalue weighted by atomic mass is 10.3. The van der Waals surface area contributed by atoms with E-state index < -0.39 is 0 Å². The average Bonchev–Trinajstić information content (AvgIpc) is 2.53. The number of nitrogens with zero attached hydrogens (tertiary/aromatic N) is 1. The molecule has 2 N–H and O–H groups in total. The summed E-state index contributed by atoms with van der Waals surface area (Å²) in [6.45, 7) is 7.53. The molecule has 13 heavy (non-hydrogen) atoms. The minimum Gasteiger partial charge on any atom is -0.340 e. The highest BCUT2D eigenvalue weighted by Gasteiger charge is 2.05. The first kappa shape index (κ1) is 10.6. The van der Waals surface area contributed by atoms with E-state index in [0.717, 1.165) is 11.7 Å². The fourth-order valence-electron chi connectivity index (χ4n) is 0.949. The summed E-state index contributed by atoms with van der Waals surface area (Å²) in [7, 11) is 0. The topological polar surface area (TPSA) is 40.7 Å². The number of hydrogen-bond acceptors (Lipinski definition) is 3. The van der Waals surface area contributed by atoms with E-state index in [4.69, 9.17) is 0 Å². The smallest absolute Gasteiger partial charge is 0.165 e. The standard InChI is InChI=1S/C9H17N3S/c1-7(2)12-6-8(3)13-9-10-4-5-11-9/h4-5,7-8,12H,6H2,1-3H3,(H,10,11). The third kappa shape index (κ3) is 4.33. The monoisotopic (exact) mass is 199 g/mol. The Bertz CT molecular complexity index is 221. The van der Waals surface area contributed by atoms with Gasteiger partial charge >= 0.3 is 0 Å². The van der Waals surface area contributed by atoms with Crippen molar-refractivity contribution in [1.82, 2.24) is 15.3 Å². The van der Waals surface area contributed by atoms with E-state index in [0.29, 0.717) is 11.3 Å². The van der Waals surface area contributed by atoms with Crippen molar-refractivity contribution in [2.24, 2.45) is 0 Å². The Kier molecular flexibility index (Phi) is 4.32. The molecule has 0 saturated heterocycles. The Morgan fingerprint density at radius 2 is 2.31 bits per heavy atom. The molecule has 74 valence electrons. The van der Waals surface area contributed by atoms with E-state index in [1.54, 1.807) is 18.0 Å². The zero-order valence-electron chi connectivity index (χ0n) is 8.37. The highest BCUT2D eigenvalue weighted by molar-refractivity contribution is 7.99. The first-order valence-corrected chi connectivity index (χ1v) is 5.46. The Morgan fingerprint density at radius 1 is 1.54 bits per heavy atom. The van der Waals surface area contributed by atoms with E-state index in [-0.39, 0.29) is 0 Å². The SMILES string of the molecule is CC(C)NCC(C)Sc1ncc[nH]1. The van der Waals surface area contributed by atoms with Gasteiger partial charge in [-0.25, -0.2) is 4.98 Å². The van der Waals surface area contributed by atoms with Crippen LogP contribution in [0.1, 0.15) is 20.8 Å². The summed E-state index contributed by atoms with van der Waals surface area (Å²) in [6.07, 6.45) is 3.63. The lowest BCUT2D eigenvalue weighted by Crippen LogP contribution is -2.29. The third-order valence-corrected chi connectivity index (χ3v) is 2.62. The van der Waals surface area contributed by atoms with Gasteiger partial charge in [-0.05, 0) is 0 Å². The molecular formula is C9H17N3S. The quantitative estimate of drug-likeness (QED) is 0.711. The Morgan fingerprint density at radius 3 is 2.85 bits per heavy atom. The van der Waals surface area contributed by atoms with Gasteiger partial charge in [-0.1, -0.05) is 32.5 Å². The van der Waals surface area contributed by atoms with Crippen molar-refractivity contribution in [2.75, 3.05) is 6.54 Å². The van der Waals surface area contributed by atoms with Crippen LogP contribution in [-0.4, -0.2) is 27.8 Å². The number of rotatable bonds is 5. The molecule has 0 fully saturated rings. The van der Waals surface area contributed by atoms with E-state index in [2.05, 4.69) is 36.1 Å². The molecule has 1 heterocycles. The van der Waals surface area contributed by atoms with Gasteiger partial charge in [-0.15, -0.1) is 0 Å². The summed E-state index contributed by atoms with van der Waals surface area (Å²) in [5.41, 5.74) is 0. The van der Waals surface area contributed by atoms with Gasteiger partial charge in [0.2, 0.25) is 0 Å². The number of nitrogens with one attached hydrogen (secondary N) is 2. The summed E-state index contributed by atoms with van der Waals surface area (Å²) in [6, 6.07) is 0.555. The Hall–Kier alpha value is -0.480. The van der Waals surface area contributed by atoms with E-state index in [1.165, 1.54) is 0 Å². The molecule has 0 aliphatic heterocycles. The highest BCUT2D eigenvalue weighted by Crippen LogP contribution is 2.17. The van der Waals surface area contributed by atoms with Gasteiger partial charge in [0.1, 0.15) is 0 Å². The van der Waals surface area contributed by atoms with Crippen LogP contribution in [0.3, 0.4) is 0 Å². The van der Waals surface area contributed by atoms with Crippen molar-refractivity contribution < 1.29 is 0 Å². The molecule has 1 atom stereocenters. The van der Waals surface area contributed by atoms with Crippen LogP contribution in [-0.2, 0) is 0 Å². The lowest BCUT2D eigenvalue weighted by Gasteiger charge is -2.12. The first-order chi connectivity index (χ1) is 6.18. The molecule has 1 aromatic heterocycles. The molecule has 0 aromatic carbocycles. The van der Waals surface area contributed by atoms with Gasteiger partial charge in [0.15, 0.2) is 5.16 Å². The maximum atomic E-state index is 4.16. The van der Waals surface area contributed by atoms with Gasteiger partial charge in [0.25, 0.3) is 0 Å². The first-order valence-electron chi connectivity index (χ1n) is 4.58. The molecule has 0 spiro atoms. The highest BCUT2D eigenvalue weighted by atomic mass is 32.2. The van der Waals surface area contributed by atoms with Gasteiger partial charge in [-0.2, -0.15) is 0 Å². The molecule has 0 aliphatic rings. The maximum Gasteiger partial charge on any atom is 0.165 e. The van der Waals surface area contributed by atoms with Gasteiger partial charge in [0, 0.05) is 30.2 Å². The van der Waals surface area contributed by atoms with Crippen molar-refractivity contribution in [1.29, 1.82) is 0 Å². The minimum atomic E-state index is 0.550. The molecule has 0 aliphatic carbocycles. The molecule has 1 rings (SSSR count). The number of imidazole rings is 1. The molecule has 1 unspecified atom stereocenters. The fourth-order valence-corrected chi connectivity index (χ4v) is 1.77. The van der Waals surface area contributed by atoms with Gasteiger partial charge in [-0.3, -0.25) is 0 Å². The van der Waals surface area contributed by atoms with Crippen LogP contribution in [0.15, 0.2) is 17.6 Å². The number of hydrogen-bond donors (Lipinski definition) is 2. The van der Waals surface area contributed by atoms with Crippen LogP contribution >= 0.6 is 11.8 Å². The third-order valence-electron chi connectivity index (χ3n) is 1.60. The summed E-state index contributed by atoms with van der Waals surface area (Å²) in [5.74, 6) is 0. The molecular weight excluding hydrogens is 182 g/mol. The molecule has 0 amide bonds. The molecule has 0 radical (unpaired) electrons. The Labute approximate surface area is 83.7 Å². The van der Waals surface area contributed by atoms with Crippen molar-refractivity contribution in [2.45, 2.75) is 37.2 Å². The van der Waals surface area contributed by atoms with E-state index >= 15 is 0 Å². The number of H-pyrrole nitrogens is 1. The number of aromatic nitrogens is 2. The molecule has 0 bridgehead atoms. The normalized spacial score (nSPS) is 13.5. The lowest BCUT2D eigenvalue weighted by molar-refractivity contribution is 0.589. The van der Waals surface area contributed by atoms with Crippen LogP contribution in [0.25, 0.3) is 0 Å². The van der Waals surface area contributed by atoms with Crippen molar-refractivity contribution in [3.8, 4) is 0 Å². The Balaban J connectivity index is 2.22. The second-order valence-corrected chi connectivity index (χ2v) is 4.81. The van der Waals surface area contributed by atoms with Crippen LogP contribution in [0.5, 0.6) is 0 Å². The van der Waals surface area contributed by atoms with E-state index in [1.807, 2.05) is 6.20 Å². The largest absolute Gasteiger partial charge is 0.340 e. The van der Waals surface area contributed by atoms with Crippen molar-refractivity contribution in [3.05, 3.63) is 12.4 Å². The second kappa shape index (κ2) is 5.29. The summed E-state index contributed by atoms with van der Waals surface area (Å²) < 4.78 is 0. The average molecular weight is 199 g/mol. The van der Waals surface area contributed by atoms with Crippen LogP contribution in [0, 0.1) is 0 Å². The minimum absolute atomic E-state index is 0.550. The van der Waals surface area contributed by atoms with Crippen LogP contribution in [0.4, 0.5) is 0 Å². The predicted molar refractivity (Wildman–Crippen MR) is 57.0 cm³/mol. The second-order valence-electron chi connectivity index (χ2n) is 3.39. The van der Waals surface area contributed by atoms with E-state index in [9.17, 15) is 0 Å². The molecule has 3 nitrogen and oxygen atoms in total. The fraction of sp³-hybridized carbons (Fsp3) is 0.667. The summed E-state index contributed by atoms with van der Waals surface area (Å²) in [4.78, 5) is 7.24.